The smallest absolute Gasteiger partial charge is 0.0602 e. The van der Waals surface area contributed by atoms with Gasteiger partial charge in [0.25, 0.3) is 0 Å². The zero-order valence-corrected chi connectivity index (χ0v) is 77.9. The van der Waals surface area contributed by atoms with Crippen LogP contribution in [-0.2, 0) is 52.1 Å². The van der Waals surface area contributed by atoms with Gasteiger partial charge < -0.3 is 52.1 Å². The fourth-order valence-corrected chi connectivity index (χ4v) is 11.4. The van der Waals surface area contributed by atoms with E-state index in [0.717, 1.165) is 82.4 Å². The van der Waals surface area contributed by atoms with Crippen LogP contribution in [0.15, 0.2) is 0 Å². The molecule has 4 aliphatic rings. The van der Waals surface area contributed by atoms with Crippen molar-refractivity contribution in [1.82, 2.24) is 0 Å². The fraction of sp³-hybridized carbons (Fsp3) is 1.00. The molecule has 0 N–H and O–H groups in total. The zero-order chi connectivity index (χ0) is 81.2. The Morgan fingerprint density at radius 2 is 0.602 bits per heavy atom. The van der Waals surface area contributed by atoms with E-state index in [1.54, 1.807) is 7.11 Å². The van der Waals surface area contributed by atoms with Crippen LogP contribution in [0.4, 0.5) is 0 Å². The Hall–Kier alpha value is -0.440. The van der Waals surface area contributed by atoms with Crippen LogP contribution in [0.5, 0.6) is 0 Å². The van der Waals surface area contributed by atoms with Gasteiger partial charge in [-0.05, 0) is 251 Å². The molecule has 0 bridgehead atoms. The van der Waals surface area contributed by atoms with Gasteiger partial charge in [0.1, 0.15) is 0 Å². The predicted molar refractivity (Wildman–Crippen MR) is 456 cm³/mol. The maximum Gasteiger partial charge on any atom is 0.0602 e. The van der Waals surface area contributed by atoms with Crippen molar-refractivity contribution in [2.24, 2.45) is 69.5 Å². The lowest BCUT2D eigenvalue weighted by Crippen LogP contribution is -2.28. The maximum absolute atomic E-state index is 5.70. The first-order valence-electron chi connectivity index (χ1n) is 43.2. The van der Waals surface area contributed by atoms with Gasteiger partial charge in [0.05, 0.1) is 74.3 Å². The Labute approximate surface area is 650 Å². The van der Waals surface area contributed by atoms with E-state index in [0.29, 0.717) is 88.7 Å². The molecule has 0 aromatic rings. The maximum atomic E-state index is 5.70. The lowest BCUT2D eigenvalue weighted by molar-refractivity contribution is -0.0698. The SMILES string of the molecule is CC(C)C(C)OC(C)(C)C.CC(C)OC(C)C(C)C.CCOCC(C)(C)C.CCOCC(C)(C)CC.CCOCC(C)(CC)CC.CCOCC(C)C.COC(C)C(C)C(C)C.COC(C)C1CCCC1.COC(C)C1CCCCC1.COC(C)C1CCCCCC1.COC(C)C1CCCCCC1. The molecule has 0 amide bonds. The number of methoxy groups -OCH3 is 5. The molecular weight excluding hydrogens is 1280 g/mol. The summed E-state index contributed by atoms with van der Waals surface area (Å²) in [6, 6.07) is 0. The molecule has 4 rings (SSSR count). The Morgan fingerprint density at radius 3 is 0.777 bits per heavy atom. The van der Waals surface area contributed by atoms with E-state index in [-0.39, 0.29) is 5.60 Å². The molecular formula is C92H198O11. The molecule has 103 heavy (non-hydrogen) atoms. The third-order valence-corrected chi connectivity index (χ3v) is 21.5. The largest absolute Gasteiger partial charge is 0.381 e. The zero-order valence-electron chi connectivity index (χ0n) is 77.9. The van der Waals surface area contributed by atoms with Gasteiger partial charge in [-0.3, -0.25) is 0 Å². The van der Waals surface area contributed by atoms with Crippen LogP contribution in [-0.4, -0.2) is 143 Å². The molecule has 0 aromatic carbocycles. The predicted octanol–water partition coefficient (Wildman–Crippen LogP) is 27.5. The number of ether oxygens (including phenoxy) is 11. The van der Waals surface area contributed by atoms with Crippen molar-refractivity contribution < 1.29 is 52.1 Å². The summed E-state index contributed by atoms with van der Waals surface area (Å²) in [5.74, 6) is 6.68. The highest BCUT2D eigenvalue weighted by molar-refractivity contribution is 4.75. The molecule has 0 radical (unpaired) electrons. The van der Waals surface area contributed by atoms with Crippen molar-refractivity contribution in [3.05, 3.63) is 0 Å². The van der Waals surface area contributed by atoms with Crippen LogP contribution in [0.3, 0.4) is 0 Å². The van der Waals surface area contributed by atoms with Crippen molar-refractivity contribution >= 4 is 0 Å². The van der Waals surface area contributed by atoms with E-state index >= 15 is 0 Å². The standard InChI is InChI=1S/2C10H20O.C9H18O.2C9H20O.C8H16O.3C8H18O.C7H16O.C6H14O/c2*1-9(11-2)10-7-5-3-4-6-8-10;1-8(10-2)9-6-4-3-5-7-9;1-7(2)8(3)10-9(4,5)6;1-5-9(4,6-2)8-10-7-3;1-7(9-2)8-5-3-4-6-8;1-6(2)7(3)8(4)9-5;1-6(2)8(5)9-7(3)4;1-5-8(3,4)7-9-6-2;1-5-8-6-7(2,3)4;1-4-7-5-6(2)3/h2*9-10H,3-8H2,1-2H3;8-9H,3-7H2,1-2H3;7-8H,1-6H3;5-8H2,1-4H3;7-8H,3-6H2,1-2H3;2*6-8H,1-5H3;5-7H2,1-4H3;5-6H2,1-4H3;6H,4-5H2,1-3H3. The Morgan fingerprint density at radius 1 is 0.311 bits per heavy atom. The van der Waals surface area contributed by atoms with Crippen molar-refractivity contribution in [1.29, 1.82) is 0 Å². The first kappa shape index (κ1) is 116. The molecule has 632 valence electrons. The van der Waals surface area contributed by atoms with E-state index in [9.17, 15) is 0 Å². The average molecular weight is 1480 g/mol. The topological polar surface area (TPSA) is 102 Å². The van der Waals surface area contributed by atoms with Gasteiger partial charge >= 0.3 is 0 Å². The molecule has 4 saturated carbocycles. The molecule has 4 aliphatic carbocycles. The molecule has 8 unspecified atom stereocenters. The summed E-state index contributed by atoms with van der Waals surface area (Å²) in [6.07, 6.45) is 36.6. The lowest BCUT2D eigenvalue weighted by Gasteiger charge is -2.27. The highest BCUT2D eigenvalue weighted by Crippen LogP contribution is 2.31. The highest BCUT2D eigenvalue weighted by atomic mass is 16.5. The van der Waals surface area contributed by atoms with Gasteiger partial charge in [-0.2, -0.15) is 0 Å². The molecule has 11 nitrogen and oxygen atoms in total. The molecule has 0 spiro atoms. The van der Waals surface area contributed by atoms with Crippen molar-refractivity contribution in [3.8, 4) is 0 Å². The molecule has 0 saturated heterocycles. The third-order valence-electron chi connectivity index (χ3n) is 21.5. The second-order valence-electron chi connectivity index (χ2n) is 35.6. The first-order valence-corrected chi connectivity index (χ1v) is 43.2. The van der Waals surface area contributed by atoms with Crippen LogP contribution < -0.4 is 0 Å². The highest BCUT2D eigenvalue weighted by Gasteiger charge is 2.24. The first-order chi connectivity index (χ1) is 48.0. The minimum absolute atomic E-state index is 0.00366. The molecule has 0 aliphatic heterocycles. The third kappa shape index (κ3) is 80.9. The van der Waals surface area contributed by atoms with E-state index in [4.69, 9.17) is 52.1 Å². The van der Waals surface area contributed by atoms with Crippen LogP contribution >= 0.6 is 0 Å². The second kappa shape index (κ2) is 74.3. The summed E-state index contributed by atoms with van der Waals surface area (Å²) in [4.78, 5) is 0. The fourth-order valence-electron chi connectivity index (χ4n) is 11.4. The minimum Gasteiger partial charge on any atom is -0.381 e. The molecule has 0 heterocycles. The lowest BCUT2D eigenvalue weighted by atomic mass is 9.86. The Kier molecular flexibility index (Phi) is 83.6. The van der Waals surface area contributed by atoms with Crippen molar-refractivity contribution in [2.45, 2.75) is 444 Å². The molecule has 11 heteroatoms. The van der Waals surface area contributed by atoms with E-state index < -0.39 is 0 Å². The van der Waals surface area contributed by atoms with Gasteiger partial charge in [0, 0.05) is 68.6 Å². The second-order valence-corrected chi connectivity index (χ2v) is 35.6. The number of rotatable bonds is 30. The normalized spacial score (nSPS) is 18.1. The van der Waals surface area contributed by atoms with Gasteiger partial charge in [0.15, 0.2) is 0 Å². The van der Waals surface area contributed by atoms with E-state index in [1.807, 2.05) is 56.1 Å². The van der Waals surface area contributed by atoms with Gasteiger partial charge in [-0.1, -0.05) is 208 Å². The number of hydrogen-bond donors (Lipinski definition) is 0. The number of hydrogen-bond acceptors (Lipinski definition) is 11. The van der Waals surface area contributed by atoms with E-state index in [1.165, 1.54) is 154 Å². The monoisotopic (exact) mass is 1480 g/mol. The molecule has 0 aromatic heterocycles. The summed E-state index contributed by atoms with van der Waals surface area (Å²) in [7, 11) is 9.05. The van der Waals surface area contributed by atoms with Crippen molar-refractivity contribution in [3.63, 3.8) is 0 Å². The van der Waals surface area contributed by atoms with Gasteiger partial charge in [0.2, 0.25) is 0 Å². The average Bonchev–Trinajstić information content (AvgIpc) is 1.66. The van der Waals surface area contributed by atoms with Crippen LogP contribution in [0.1, 0.15) is 390 Å². The summed E-state index contributed by atoms with van der Waals surface area (Å²) in [5.41, 5.74) is 1.12. The Bertz CT molecular complexity index is 1570. The molecule has 8 atom stereocenters. The van der Waals surface area contributed by atoms with E-state index in [2.05, 4.69) is 208 Å². The Balaban J connectivity index is -0.000000197. The molecule has 4 fully saturated rings. The van der Waals surface area contributed by atoms with Crippen molar-refractivity contribution in [2.75, 3.05) is 88.4 Å². The summed E-state index contributed by atoms with van der Waals surface area (Å²) in [6.45, 7) is 80.1. The van der Waals surface area contributed by atoms with Crippen LogP contribution in [0.25, 0.3) is 0 Å². The summed E-state index contributed by atoms with van der Waals surface area (Å²) >= 11 is 0. The van der Waals surface area contributed by atoms with Gasteiger partial charge in [-0.15, -0.1) is 0 Å². The summed E-state index contributed by atoms with van der Waals surface area (Å²) < 4.78 is 58.6. The van der Waals surface area contributed by atoms with Gasteiger partial charge in [-0.25, -0.2) is 0 Å². The quantitative estimate of drug-likeness (QED) is 0.0643. The minimum atomic E-state index is 0.00366. The summed E-state index contributed by atoms with van der Waals surface area (Å²) in [5, 5.41) is 0. The van der Waals surface area contributed by atoms with Crippen LogP contribution in [0, 0.1) is 69.5 Å². The van der Waals surface area contributed by atoms with Crippen LogP contribution in [0.2, 0.25) is 0 Å².